The van der Waals surface area contributed by atoms with Crippen LogP contribution in [0.3, 0.4) is 0 Å². The Morgan fingerprint density at radius 3 is 1.79 bits per heavy atom. The number of hydrogen-bond acceptors (Lipinski definition) is 3. The second kappa shape index (κ2) is 5.89. The van der Waals surface area contributed by atoms with E-state index in [1.165, 1.54) is 12.1 Å². The van der Waals surface area contributed by atoms with Crippen molar-refractivity contribution in [3.05, 3.63) is 56.5 Å². The molecule has 3 rings (SSSR count). The molecule has 1 aliphatic heterocycles. The van der Waals surface area contributed by atoms with Crippen LogP contribution in [0.2, 0.25) is 0 Å². The number of alkyl halides is 3. The summed E-state index contributed by atoms with van der Waals surface area (Å²) >= 11 is 6.18. The third-order valence-corrected chi connectivity index (χ3v) is 4.45. The molecule has 0 unspecified atom stereocenters. The third kappa shape index (κ3) is 2.93. The van der Waals surface area contributed by atoms with E-state index in [0.29, 0.717) is 0 Å². The topological polar surface area (TPSA) is 46.6 Å². The summed E-state index contributed by atoms with van der Waals surface area (Å²) in [5.41, 5.74) is 0.574. The standard InChI is InChI=1S/C15H6Br2F3NO3/c16-10-5-7(24-15(18,19)20)6-11(17)12(10)21-13(22)8-3-1-2-4-9(8)14(21)23/h1-6H. The van der Waals surface area contributed by atoms with Crippen molar-refractivity contribution >= 4 is 49.4 Å². The van der Waals surface area contributed by atoms with E-state index in [9.17, 15) is 22.8 Å². The van der Waals surface area contributed by atoms with E-state index < -0.39 is 23.9 Å². The van der Waals surface area contributed by atoms with Crippen LogP contribution in [0.5, 0.6) is 5.75 Å². The third-order valence-electron chi connectivity index (χ3n) is 3.24. The Labute approximate surface area is 150 Å². The van der Waals surface area contributed by atoms with E-state index >= 15 is 0 Å². The summed E-state index contributed by atoms with van der Waals surface area (Å²) in [6.45, 7) is 0. The number of amides is 2. The molecule has 4 nitrogen and oxygen atoms in total. The van der Waals surface area contributed by atoms with Gasteiger partial charge in [0.15, 0.2) is 0 Å². The van der Waals surface area contributed by atoms with Gasteiger partial charge < -0.3 is 4.74 Å². The monoisotopic (exact) mass is 463 g/mol. The largest absolute Gasteiger partial charge is 0.573 e. The summed E-state index contributed by atoms with van der Waals surface area (Å²) < 4.78 is 41.1. The molecule has 0 bridgehead atoms. The molecular weight excluding hydrogens is 459 g/mol. The van der Waals surface area contributed by atoms with E-state index in [1.807, 2.05) is 0 Å². The van der Waals surface area contributed by atoms with Gasteiger partial charge in [0, 0.05) is 8.95 Å². The van der Waals surface area contributed by atoms with E-state index in [2.05, 4.69) is 36.6 Å². The van der Waals surface area contributed by atoms with Gasteiger partial charge in [-0.25, -0.2) is 4.90 Å². The molecule has 0 saturated carbocycles. The first-order chi connectivity index (χ1) is 11.2. The minimum Gasteiger partial charge on any atom is -0.406 e. The van der Waals surface area contributed by atoms with Crippen molar-refractivity contribution in [3.63, 3.8) is 0 Å². The van der Waals surface area contributed by atoms with Crippen LogP contribution in [0.1, 0.15) is 20.7 Å². The molecule has 1 heterocycles. The Morgan fingerprint density at radius 2 is 1.38 bits per heavy atom. The number of carbonyl (C=O) groups is 2. The highest BCUT2D eigenvalue weighted by Crippen LogP contribution is 2.42. The van der Waals surface area contributed by atoms with Gasteiger partial charge in [-0.1, -0.05) is 12.1 Å². The Morgan fingerprint density at radius 1 is 0.917 bits per heavy atom. The normalized spacial score (nSPS) is 14.1. The van der Waals surface area contributed by atoms with Gasteiger partial charge in [-0.3, -0.25) is 9.59 Å². The quantitative estimate of drug-likeness (QED) is 0.593. The molecule has 0 atom stereocenters. The van der Waals surface area contributed by atoms with Crippen LogP contribution in [0.25, 0.3) is 0 Å². The van der Waals surface area contributed by atoms with E-state index in [-0.39, 0.29) is 25.8 Å². The molecule has 0 fully saturated rings. The molecule has 0 saturated heterocycles. The SMILES string of the molecule is O=C1c2ccccc2C(=O)N1c1c(Br)cc(OC(F)(F)F)cc1Br. The maximum atomic E-state index is 12.5. The van der Waals surface area contributed by atoms with Gasteiger partial charge in [-0.2, -0.15) is 0 Å². The number of carbonyl (C=O) groups excluding carboxylic acids is 2. The molecule has 124 valence electrons. The summed E-state index contributed by atoms with van der Waals surface area (Å²) in [4.78, 5) is 25.9. The van der Waals surface area contributed by atoms with E-state index in [4.69, 9.17) is 0 Å². The number of anilines is 1. The fourth-order valence-corrected chi connectivity index (χ4v) is 3.84. The first-order valence-electron chi connectivity index (χ1n) is 6.41. The molecule has 1 aliphatic rings. The molecule has 0 aliphatic carbocycles. The second-order valence-corrected chi connectivity index (χ2v) is 6.48. The molecule has 2 amide bonds. The smallest absolute Gasteiger partial charge is 0.406 e. The van der Waals surface area contributed by atoms with Gasteiger partial charge in [0.2, 0.25) is 0 Å². The number of nitrogens with zero attached hydrogens (tertiary/aromatic N) is 1. The second-order valence-electron chi connectivity index (χ2n) is 4.77. The van der Waals surface area contributed by atoms with Gasteiger partial charge in [-0.15, -0.1) is 13.2 Å². The van der Waals surface area contributed by atoms with Gasteiger partial charge in [0.1, 0.15) is 5.75 Å². The maximum Gasteiger partial charge on any atom is 0.573 e. The summed E-state index contributed by atoms with van der Waals surface area (Å²) in [5.74, 6) is -1.59. The lowest BCUT2D eigenvalue weighted by molar-refractivity contribution is -0.274. The van der Waals surface area contributed by atoms with Crippen LogP contribution in [0, 0.1) is 0 Å². The number of halogens is 5. The zero-order valence-corrected chi connectivity index (χ0v) is 14.7. The first kappa shape index (κ1) is 17.0. The average Bonchev–Trinajstić information content (AvgIpc) is 2.71. The van der Waals surface area contributed by atoms with Crippen LogP contribution in [-0.4, -0.2) is 18.2 Å². The molecule has 2 aromatic carbocycles. The minimum absolute atomic E-state index is 0.102. The van der Waals surface area contributed by atoms with Crippen molar-refractivity contribution in [1.29, 1.82) is 0 Å². The highest BCUT2D eigenvalue weighted by Gasteiger charge is 2.39. The van der Waals surface area contributed by atoms with E-state index in [0.717, 1.165) is 17.0 Å². The number of ether oxygens (including phenoxy) is 1. The predicted octanol–water partition coefficient (Wildman–Crippen LogP) is 4.91. The Kier molecular flexibility index (Phi) is 4.16. The van der Waals surface area contributed by atoms with Gasteiger partial charge in [-0.05, 0) is 56.1 Å². The predicted molar refractivity (Wildman–Crippen MR) is 86.1 cm³/mol. The summed E-state index contributed by atoms with van der Waals surface area (Å²) in [6, 6.07) is 8.35. The number of fused-ring (bicyclic) bond motifs is 1. The van der Waals surface area contributed by atoms with Crippen molar-refractivity contribution < 1.29 is 27.5 Å². The van der Waals surface area contributed by atoms with Gasteiger partial charge in [0.25, 0.3) is 11.8 Å². The maximum absolute atomic E-state index is 12.5. The molecule has 9 heteroatoms. The van der Waals surface area contributed by atoms with Crippen LogP contribution in [0.15, 0.2) is 45.3 Å². The van der Waals surface area contributed by atoms with Crippen molar-refractivity contribution in [1.82, 2.24) is 0 Å². The lowest BCUT2D eigenvalue weighted by Gasteiger charge is -2.19. The number of hydrogen-bond donors (Lipinski definition) is 0. The lowest BCUT2D eigenvalue weighted by atomic mass is 10.1. The van der Waals surface area contributed by atoms with Crippen molar-refractivity contribution in [3.8, 4) is 5.75 Å². The van der Waals surface area contributed by atoms with Crippen molar-refractivity contribution in [2.24, 2.45) is 0 Å². The molecule has 24 heavy (non-hydrogen) atoms. The van der Waals surface area contributed by atoms with Crippen molar-refractivity contribution in [2.45, 2.75) is 6.36 Å². The van der Waals surface area contributed by atoms with Gasteiger partial charge in [0.05, 0.1) is 16.8 Å². The minimum atomic E-state index is -4.85. The average molecular weight is 465 g/mol. The molecule has 0 radical (unpaired) electrons. The Balaban J connectivity index is 2.05. The number of rotatable bonds is 2. The summed E-state index contributed by atoms with van der Waals surface area (Å²) in [7, 11) is 0. The fraction of sp³-hybridized carbons (Fsp3) is 0.0667. The molecule has 0 spiro atoms. The van der Waals surface area contributed by atoms with E-state index in [1.54, 1.807) is 12.1 Å². The number of imide groups is 1. The zero-order valence-electron chi connectivity index (χ0n) is 11.5. The highest BCUT2D eigenvalue weighted by atomic mass is 79.9. The molecular formula is C15H6Br2F3NO3. The molecule has 0 N–H and O–H groups in total. The van der Waals surface area contributed by atoms with Gasteiger partial charge >= 0.3 is 6.36 Å². The van der Waals surface area contributed by atoms with Crippen LogP contribution >= 0.6 is 31.9 Å². The van der Waals surface area contributed by atoms with Crippen LogP contribution < -0.4 is 9.64 Å². The lowest BCUT2D eigenvalue weighted by Crippen LogP contribution is -2.30. The fourth-order valence-electron chi connectivity index (χ4n) is 2.34. The Bertz CT molecular complexity index is 809. The molecule has 0 aromatic heterocycles. The molecule has 2 aromatic rings. The summed E-state index contributed by atoms with van der Waals surface area (Å²) in [5, 5.41) is 0. The highest BCUT2D eigenvalue weighted by molar-refractivity contribution is 9.11. The van der Waals surface area contributed by atoms with Crippen LogP contribution in [0.4, 0.5) is 18.9 Å². The first-order valence-corrected chi connectivity index (χ1v) is 8.00. The summed E-state index contributed by atoms with van der Waals surface area (Å²) in [6.07, 6.45) is -4.85. The zero-order chi connectivity index (χ0) is 17.6. The van der Waals surface area contributed by atoms with Crippen molar-refractivity contribution in [2.75, 3.05) is 4.90 Å². The Hall–Kier alpha value is -1.87. The van der Waals surface area contributed by atoms with Crippen LogP contribution in [-0.2, 0) is 0 Å². The number of benzene rings is 2.